The number of amides is 2. The third-order valence-corrected chi connectivity index (χ3v) is 5.79. The molecule has 0 aliphatic heterocycles. The maximum absolute atomic E-state index is 12.3. The molecule has 1 heterocycles. The quantitative estimate of drug-likeness (QED) is 0.542. The zero-order valence-electron chi connectivity index (χ0n) is 18.2. The van der Waals surface area contributed by atoms with Gasteiger partial charge in [-0.1, -0.05) is 56.8 Å². The van der Waals surface area contributed by atoms with Gasteiger partial charge in [-0.3, -0.25) is 9.59 Å². The maximum atomic E-state index is 12.3. The number of nitrogens with two attached hydrogens (primary N) is 1. The first-order valence-electron chi connectivity index (χ1n) is 10.1. The van der Waals surface area contributed by atoms with Crippen molar-refractivity contribution in [2.24, 2.45) is 5.73 Å². The summed E-state index contributed by atoms with van der Waals surface area (Å²) in [4.78, 5) is 23.5. The Morgan fingerprint density at radius 1 is 1.03 bits per heavy atom. The number of benzene rings is 2. The standard InChI is InChI=1S/C23H27N5O2S/c1-5-28-21(16-6-10-17(11-7-16)23(2,3)4)26-27-22(28)31-14-19(29)25-18-12-8-15(9-13-18)20(24)30/h6-13H,5,14H2,1-4H3,(H2,24,30)(H,25,29). The predicted octanol–water partition coefficient (Wildman–Crippen LogP) is 4.09. The van der Waals surface area contributed by atoms with Crippen molar-refractivity contribution in [3.63, 3.8) is 0 Å². The molecular formula is C23H27N5O2S. The van der Waals surface area contributed by atoms with Crippen molar-refractivity contribution in [2.45, 2.75) is 44.8 Å². The molecular weight excluding hydrogens is 410 g/mol. The number of aromatic nitrogens is 3. The molecule has 7 nitrogen and oxygen atoms in total. The molecule has 2 aromatic carbocycles. The lowest BCUT2D eigenvalue weighted by Crippen LogP contribution is -2.15. The molecule has 0 fully saturated rings. The first-order valence-corrected chi connectivity index (χ1v) is 11.0. The van der Waals surface area contributed by atoms with E-state index in [-0.39, 0.29) is 17.1 Å². The lowest BCUT2D eigenvalue weighted by molar-refractivity contribution is -0.113. The van der Waals surface area contributed by atoms with Crippen molar-refractivity contribution in [3.8, 4) is 11.4 Å². The van der Waals surface area contributed by atoms with Crippen LogP contribution in [0.25, 0.3) is 11.4 Å². The van der Waals surface area contributed by atoms with Crippen LogP contribution in [0.5, 0.6) is 0 Å². The summed E-state index contributed by atoms with van der Waals surface area (Å²) in [5.41, 5.74) is 8.57. The summed E-state index contributed by atoms with van der Waals surface area (Å²) in [6.45, 7) is 9.27. The molecule has 0 aliphatic rings. The number of thioether (sulfide) groups is 1. The third kappa shape index (κ3) is 5.52. The van der Waals surface area contributed by atoms with Gasteiger partial charge in [0.25, 0.3) is 0 Å². The molecule has 31 heavy (non-hydrogen) atoms. The van der Waals surface area contributed by atoms with Crippen molar-refractivity contribution < 1.29 is 9.59 Å². The number of carbonyl (C=O) groups is 2. The molecule has 0 spiro atoms. The van der Waals surface area contributed by atoms with Crippen LogP contribution in [-0.4, -0.2) is 32.3 Å². The molecule has 3 aromatic rings. The van der Waals surface area contributed by atoms with Crippen molar-refractivity contribution in [1.82, 2.24) is 14.8 Å². The van der Waals surface area contributed by atoms with Gasteiger partial charge in [-0.05, 0) is 42.2 Å². The Kier molecular flexibility index (Phi) is 6.80. The van der Waals surface area contributed by atoms with Crippen molar-refractivity contribution in [2.75, 3.05) is 11.1 Å². The van der Waals surface area contributed by atoms with Crippen LogP contribution in [0.2, 0.25) is 0 Å². The number of nitrogens with one attached hydrogen (secondary N) is 1. The number of hydrogen-bond donors (Lipinski definition) is 2. The number of hydrogen-bond acceptors (Lipinski definition) is 5. The highest BCUT2D eigenvalue weighted by Gasteiger charge is 2.17. The molecule has 8 heteroatoms. The monoisotopic (exact) mass is 437 g/mol. The molecule has 0 atom stereocenters. The summed E-state index contributed by atoms with van der Waals surface area (Å²) in [7, 11) is 0. The molecule has 162 valence electrons. The van der Waals surface area contributed by atoms with E-state index in [2.05, 4.69) is 60.6 Å². The highest BCUT2D eigenvalue weighted by atomic mass is 32.2. The number of anilines is 1. The molecule has 0 saturated heterocycles. The average Bonchev–Trinajstić information content (AvgIpc) is 3.15. The van der Waals surface area contributed by atoms with E-state index in [1.54, 1.807) is 24.3 Å². The minimum atomic E-state index is -0.504. The van der Waals surface area contributed by atoms with Crippen LogP contribution in [0.1, 0.15) is 43.6 Å². The highest BCUT2D eigenvalue weighted by molar-refractivity contribution is 7.99. The van der Waals surface area contributed by atoms with E-state index in [1.165, 1.54) is 17.3 Å². The van der Waals surface area contributed by atoms with Gasteiger partial charge < -0.3 is 15.6 Å². The lowest BCUT2D eigenvalue weighted by atomic mass is 9.87. The van der Waals surface area contributed by atoms with Gasteiger partial charge in [0.05, 0.1) is 5.75 Å². The van der Waals surface area contributed by atoms with E-state index in [9.17, 15) is 9.59 Å². The Bertz CT molecular complexity index is 1070. The van der Waals surface area contributed by atoms with Gasteiger partial charge in [0.1, 0.15) is 0 Å². The SMILES string of the molecule is CCn1c(SCC(=O)Nc2ccc(C(N)=O)cc2)nnc1-c1ccc(C(C)(C)C)cc1. The van der Waals surface area contributed by atoms with Crippen LogP contribution >= 0.6 is 11.8 Å². The van der Waals surface area contributed by atoms with Crippen molar-refractivity contribution >= 4 is 29.3 Å². The second kappa shape index (κ2) is 9.34. The zero-order valence-corrected chi connectivity index (χ0v) is 19.0. The Labute approximate surface area is 186 Å². The molecule has 0 aliphatic carbocycles. The molecule has 0 radical (unpaired) electrons. The van der Waals surface area contributed by atoms with Crippen LogP contribution in [-0.2, 0) is 16.8 Å². The van der Waals surface area contributed by atoms with Gasteiger partial charge >= 0.3 is 0 Å². The van der Waals surface area contributed by atoms with Gasteiger partial charge in [-0.15, -0.1) is 10.2 Å². The van der Waals surface area contributed by atoms with Crippen molar-refractivity contribution in [3.05, 3.63) is 59.7 Å². The minimum absolute atomic E-state index is 0.0888. The molecule has 3 rings (SSSR count). The van der Waals surface area contributed by atoms with E-state index in [0.29, 0.717) is 23.0 Å². The summed E-state index contributed by atoms with van der Waals surface area (Å²) in [6.07, 6.45) is 0. The van der Waals surface area contributed by atoms with Gasteiger partial charge in [0.2, 0.25) is 11.8 Å². The highest BCUT2D eigenvalue weighted by Crippen LogP contribution is 2.27. The topological polar surface area (TPSA) is 103 Å². The van der Waals surface area contributed by atoms with E-state index in [1.807, 2.05) is 11.5 Å². The van der Waals surface area contributed by atoms with E-state index in [4.69, 9.17) is 5.73 Å². The lowest BCUT2D eigenvalue weighted by Gasteiger charge is -2.19. The fraction of sp³-hybridized carbons (Fsp3) is 0.304. The predicted molar refractivity (Wildman–Crippen MR) is 124 cm³/mol. The normalized spacial score (nSPS) is 11.4. The fourth-order valence-electron chi connectivity index (χ4n) is 3.06. The first kappa shape index (κ1) is 22.6. The summed E-state index contributed by atoms with van der Waals surface area (Å²) >= 11 is 1.33. The fourth-order valence-corrected chi connectivity index (χ4v) is 3.86. The van der Waals surface area contributed by atoms with Crippen LogP contribution in [0, 0.1) is 0 Å². The largest absolute Gasteiger partial charge is 0.366 e. The van der Waals surface area contributed by atoms with E-state index in [0.717, 1.165) is 11.4 Å². The second-order valence-corrected chi connectivity index (χ2v) is 9.10. The Hall–Kier alpha value is -3.13. The first-order chi connectivity index (χ1) is 14.7. The average molecular weight is 438 g/mol. The molecule has 0 unspecified atom stereocenters. The molecule has 0 bridgehead atoms. The number of nitrogens with zero attached hydrogens (tertiary/aromatic N) is 3. The molecule has 2 amide bonds. The Balaban J connectivity index is 1.66. The smallest absolute Gasteiger partial charge is 0.248 e. The Morgan fingerprint density at radius 3 is 2.23 bits per heavy atom. The van der Waals surface area contributed by atoms with Crippen molar-refractivity contribution in [1.29, 1.82) is 0 Å². The number of primary amides is 1. The molecule has 3 N–H and O–H groups in total. The van der Waals surface area contributed by atoms with Gasteiger partial charge in [0, 0.05) is 23.4 Å². The van der Waals surface area contributed by atoms with Gasteiger partial charge in [0.15, 0.2) is 11.0 Å². The number of rotatable bonds is 7. The summed E-state index contributed by atoms with van der Waals surface area (Å²) in [5, 5.41) is 12.1. The summed E-state index contributed by atoms with van der Waals surface area (Å²) < 4.78 is 2.01. The zero-order chi connectivity index (χ0) is 22.6. The summed E-state index contributed by atoms with van der Waals surface area (Å²) in [5.74, 6) is 0.307. The maximum Gasteiger partial charge on any atom is 0.248 e. The van der Waals surface area contributed by atoms with Crippen LogP contribution in [0.4, 0.5) is 5.69 Å². The van der Waals surface area contributed by atoms with E-state index >= 15 is 0 Å². The van der Waals surface area contributed by atoms with E-state index < -0.39 is 5.91 Å². The second-order valence-electron chi connectivity index (χ2n) is 8.16. The Morgan fingerprint density at radius 2 is 1.68 bits per heavy atom. The van der Waals surface area contributed by atoms with Crippen LogP contribution in [0.15, 0.2) is 53.7 Å². The number of carbonyl (C=O) groups excluding carboxylic acids is 2. The van der Waals surface area contributed by atoms with Crippen LogP contribution < -0.4 is 11.1 Å². The van der Waals surface area contributed by atoms with Gasteiger partial charge in [-0.25, -0.2) is 0 Å². The molecule has 0 saturated carbocycles. The molecule has 1 aromatic heterocycles. The van der Waals surface area contributed by atoms with Gasteiger partial charge in [-0.2, -0.15) is 0 Å². The van der Waals surface area contributed by atoms with Crippen LogP contribution in [0.3, 0.4) is 0 Å². The third-order valence-electron chi connectivity index (χ3n) is 4.83. The summed E-state index contributed by atoms with van der Waals surface area (Å²) in [6, 6.07) is 14.8. The minimum Gasteiger partial charge on any atom is -0.366 e.